The van der Waals surface area contributed by atoms with Crippen LogP contribution in [-0.2, 0) is 16.0 Å². The van der Waals surface area contributed by atoms with Gasteiger partial charge in [-0.1, -0.05) is 24.3 Å². The van der Waals surface area contributed by atoms with E-state index in [1.54, 1.807) is 12.3 Å². The second-order valence-corrected chi connectivity index (χ2v) is 7.50. The fourth-order valence-electron chi connectivity index (χ4n) is 3.65. The highest BCUT2D eigenvalue weighted by atomic mass is 16.5. The van der Waals surface area contributed by atoms with Crippen LogP contribution in [0, 0.1) is 5.92 Å². The Labute approximate surface area is 170 Å². The van der Waals surface area contributed by atoms with E-state index in [-0.39, 0.29) is 17.6 Å². The number of ketones is 1. The van der Waals surface area contributed by atoms with Crippen LogP contribution in [0.2, 0.25) is 0 Å². The van der Waals surface area contributed by atoms with Crippen LogP contribution >= 0.6 is 0 Å². The average molecular weight is 388 g/mol. The van der Waals surface area contributed by atoms with Gasteiger partial charge in [-0.15, -0.1) is 0 Å². The Bertz CT molecular complexity index is 963. The van der Waals surface area contributed by atoms with Gasteiger partial charge in [0.2, 0.25) is 5.91 Å². The first-order chi connectivity index (χ1) is 14.2. The third-order valence-electron chi connectivity index (χ3n) is 5.38. The number of hydrogen-bond donors (Lipinski definition) is 1. The Morgan fingerprint density at radius 3 is 2.86 bits per heavy atom. The predicted molar refractivity (Wildman–Crippen MR) is 113 cm³/mol. The Morgan fingerprint density at radius 2 is 2.07 bits per heavy atom. The number of para-hydroxylation sites is 1. The van der Waals surface area contributed by atoms with Crippen LogP contribution in [0.1, 0.15) is 36.8 Å². The molecule has 2 heterocycles. The summed E-state index contributed by atoms with van der Waals surface area (Å²) in [4.78, 5) is 28.3. The zero-order chi connectivity index (χ0) is 20.1. The minimum absolute atomic E-state index is 0.00219. The monoisotopic (exact) mass is 388 g/mol. The number of rotatable bonds is 6. The molecule has 1 aliphatic heterocycles. The first kappa shape index (κ1) is 19.1. The lowest BCUT2D eigenvalue weighted by molar-refractivity contribution is -0.118. The van der Waals surface area contributed by atoms with Crippen molar-refractivity contribution >= 4 is 23.6 Å². The number of aromatic nitrogens is 1. The van der Waals surface area contributed by atoms with Gasteiger partial charge in [0.05, 0.1) is 0 Å². The van der Waals surface area contributed by atoms with Crippen molar-refractivity contribution in [2.24, 2.45) is 5.92 Å². The minimum atomic E-state index is 0.00219. The number of pyridine rings is 1. The summed E-state index contributed by atoms with van der Waals surface area (Å²) in [5.41, 5.74) is 3.15. The molecular formula is C24H24N2O3. The Kier molecular flexibility index (Phi) is 5.84. The lowest BCUT2D eigenvalue weighted by atomic mass is 9.86. The van der Waals surface area contributed by atoms with Crippen molar-refractivity contribution in [2.45, 2.75) is 32.1 Å². The summed E-state index contributed by atoms with van der Waals surface area (Å²) in [6.07, 6.45) is 11.0. The summed E-state index contributed by atoms with van der Waals surface area (Å²) in [7, 11) is 0. The maximum absolute atomic E-state index is 12.6. The molecule has 1 aliphatic carbocycles. The third-order valence-corrected chi connectivity index (χ3v) is 5.38. The zero-order valence-electron chi connectivity index (χ0n) is 16.3. The molecule has 2 aromatic rings. The van der Waals surface area contributed by atoms with E-state index in [4.69, 9.17) is 4.74 Å². The zero-order valence-corrected chi connectivity index (χ0v) is 16.3. The lowest BCUT2D eigenvalue weighted by Gasteiger charge is -2.20. The number of aryl methyl sites for hydroxylation is 1. The molecule has 0 saturated heterocycles. The molecule has 5 nitrogen and oxygen atoms in total. The number of ether oxygens (including phenoxy) is 1. The number of nitrogens with zero attached hydrogens (tertiary/aromatic N) is 1. The van der Waals surface area contributed by atoms with Gasteiger partial charge in [-0.3, -0.25) is 9.59 Å². The van der Waals surface area contributed by atoms with Gasteiger partial charge in [0.15, 0.2) is 5.78 Å². The molecule has 148 valence electrons. The fraction of sp³-hybridized carbons (Fsp3) is 0.292. The number of allylic oxidation sites excluding steroid dienone is 2. The van der Waals surface area contributed by atoms with Crippen molar-refractivity contribution in [3.63, 3.8) is 0 Å². The van der Waals surface area contributed by atoms with E-state index in [1.165, 1.54) is 5.57 Å². The average Bonchev–Trinajstić information content (AvgIpc) is 2.77. The maximum atomic E-state index is 12.6. The molecule has 4 rings (SSSR count). The van der Waals surface area contributed by atoms with Crippen molar-refractivity contribution in [1.29, 1.82) is 0 Å². The molecular weight excluding hydrogens is 364 g/mol. The number of fused-ring (bicyclic) bond motifs is 1. The minimum Gasteiger partial charge on any atom is -0.489 e. The fourth-order valence-corrected chi connectivity index (χ4v) is 3.65. The van der Waals surface area contributed by atoms with E-state index in [2.05, 4.69) is 16.4 Å². The van der Waals surface area contributed by atoms with Crippen LogP contribution < -0.4 is 10.1 Å². The summed E-state index contributed by atoms with van der Waals surface area (Å²) >= 11 is 0. The molecule has 1 aromatic heterocycles. The molecule has 1 unspecified atom stereocenters. The molecule has 1 amide bonds. The van der Waals surface area contributed by atoms with Crippen molar-refractivity contribution < 1.29 is 14.3 Å². The van der Waals surface area contributed by atoms with Crippen LogP contribution in [0.25, 0.3) is 6.08 Å². The summed E-state index contributed by atoms with van der Waals surface area (Å²) < 4.78 is 5.80. The molecule has 0 saturated carbocycles. The Balaban J connectivity index is 1.30. The number of carbonyl (C=O) groups is 2. The van der Waals surface area contributed by atoms with Gasteiger partial charge in [-0.25, -0.2) is 4.98 Å². The lowest BCUT2D eigenvalue weighted by Crippen LogP contribution is -2.20. The number of nitrogens with one attached hydrogen (secondary N) is 1. The van der Waals surface area contributed by atoms with Gasteiger partial charge in [-0.2, -0.15) is 0 Å². The quantitative estimate of drug-likeness (QED) is 0.590. The van der Waals surface area contributed by atoms with Crippen LogP contribution in [0.15, 0.2) is 60.3 Å². The van der Waals surface area contributed by atoms with E-state index in [9.17, 15) is 9.59 Å². The van der Waals surface area contributed by atoms with E-state index >= 15 is 0 Å². The van der Waals surface area contributed by atoms with Crippen LogP contribution in [0.3, 0.4) is 0 Å². The first-order valence-corrected chi connectivity index (χ1v) is 10.0. The second-order valence-electron chi connectivity index (χ2n) is 7.50. The second kappa shape index (κ2) is 8.86. The number of anilines is 1. The maximum Gasteiger partial charge on any atom is 0.225 e. The molecule has 29 heavy (non-hydrogen) atoms. The van der Waals surface area contributed by atoms with Gasteiger partial charge in [-0.05, 0) is 72.7 Å². The topological polar surface area (TPSA) is 68.3 Å². The Hall–Kier alpha value is -3.21. The molecule has 0 fully saturated rings. The number of amides is 1. The van der Waals surface area contributed by atoms with Crippen molar-refractivity contribution in [1.82, 2.24) is 4.98 Å². The molecule has 2 aliphatic rings. The highest BCUT2D eigenvalue weighted by Crippen LogP contribution is 2.26. The molecule has 0 spiro atoms. The van der Waals surface area contributed by atoms with Crippen molar-refractivity contribution in [2.75, 3.05) is 11.9 Å². The van der Waals surface area contributed by atoms with E-state index < -0.39 is 0 Å². The van der Waals surface area contributed by atoms with Gasteiger partial charge in [0.25, 0.3) is 0 Å². The summed E-state index contributed by atoms with van der Waals surface area (Å²) in [5.74, 6) is 1.68. The Morgan fingerprint density at radius 1 is 1.21 bits per heavy atom. The summed E-state index contributed by atoms with van der Waals surface area (Å²) in [5, 5.41) is 2.77. The first-order valence-electron chi connectivity index (χ1n) is 10.0. The molecule has 0 bridgehead atoms. The van der Waals surface area contributed by atoms with Gasteiger partial charge in [0, 0.05) is 18.5 Å². The van der Waals surface area contributed by atoms with Gasteiger partial charge >= 0.3 is 0 Å². The third kappa shape index (κ3) is 4.99. The van der Waals surface area contributed by atoms with Crippen LogP contribution in [0.5, 0.6) is 5.75 Å². The molecule has 1 atom stereocenters. The summed E-state index contributed by atoms with van der Waals surface area (Å²) in [6.45, 7) is 0.581. The smallest absolute Gasteiger partial charge is 0.225 e. The predicted octanol–water partition coefficient (Wildman–Crippen LogP) is 4.35. The highest BCUT2D eigenvalue weighted by Gasteiger charge is 2.20. The van der Waals surface area contributed by atoms with Gasteiger partial charge < -0.3 is 10.1 Å². The van der Waals surface area contributed by atoms with Crippen LogP contribution in [0.4, 0.5) is 5.82 Å². The van der Waals surface area contributed by atoms with Gasteiger partial charge in [0.1, 0.15) is 18.2 Å². The number of hydrogen-bond acceptors (Lipinski definition) is 4. The molecule has 1 N–H and O–H groups in total. The van der Waals surface area contributed by atoms with E-state index in [0.29, 0.717) is 25.3 Å². The largest absolute Gasteiger partial charge is 0.489 e. The van der Waals surface area contributed by atoms with E-state index in [0.717, 1.165) is 36.1 Å². The van der Waals surface area contributed by atoms with E-state index in [1.807, 2.05) is 42.5 Å². The molecule has 1 aromatic carbocycles. The van der Waals surface area contributed by atoms with Crippen LogP contribution in [-0.4, -0.2) is 23.3 Å². The number of carbonyl (C=O) groups excluding carboxylic acids is 2. The SMILES string of the molecule is O=C1CCc2cc(/C=C/C(=O)C3CC=C(COc4ccccc4)CC3)cnc2N1. The van der Waals surface area contributed by atoms with Crippen molar-refractivity contribution in [3.8, 4) is 5.75 Å². The summed E-state index contributed by atoms with van der Waals surface area (Å²) in [6, 6.07) is 11.8. The standard InChI is InChI=1S/C24H24N2O3/c27-22(12-8-18-14-20-11-13-23(28)26-24(20)25-15-18)19-9-6-17(7-10-19)16-29-21-4-2-1-3-5-21/h1-6,8,12,14-15,19H,7,9-11,13,16H2,(H,25,26,28)/b12-8+. The molecule has 0 radical (unpaired) electrons. The highest BCUT2D eigenvalue weighted by molar-refractivity contribution is 5.96. The normalized spacial score (nSPS) is 18.7. The number of benzene rings is 1. The van der Waals surface area contributed by atoms with Crippen molar-refractivity contribution in [3.05, 3.63) is 71.4 Å². The molecule has 5 heteroatoms.